The van der Waals surface area contributed by atoms with E-state index in [-0.39, 0.29) is 11.0 Å². The molecule has 1 heteroatoms. The van der Waals surface area contributed by atoms with Gasteiger partial charge in [0.15, 0.2) is 11.7 Å². The number of nitrogens with zero attached hydrogens (tertiary/aromatic N) is 1. The van der Waals surface area contributed by atoms with Gasteiger partial charge >= 0.3 is 0 Å². The monoisotopic (exact) mass is 342 g/mol. The molecule has 2 aromatic carbocycles. The fraction of sp³-hybridized carbons (Fsp3) is 0.400. The predicted octanol–water partition coefficient (Wildman–Crippen LogP) is 5.90. The van der Waals surface area contributed by atoms with Gasteiger partial charge in [-0.1, -0.05) is 64.1 Å². The zero-order valence-corrected chi connectivity index (χ0v) is 16.4. The Labute approximate surface area is 156 Å². The predicted molar refractivity (Wildman–Crippen MR) is 109 cm³/mol. The maximum atomic E-state index is 2.66. The molecule has 0 saturated heterocycles. The van der Waals surface area contributed by atoms with Crippen LogP contribution in [0.25, 0.3) is 22.0 Å². The number of aromatic nitrogens is 1. The largest absolute Gasteiger partial charge is 0.221 e. The van der Waals surface area contributed by atoms with Gasteiger partial charge in [0.1, 0.15) is 0 Å². The second-order valence-corrected chi connectivity index (χ2v) is 8.70. The lowest BCUT2D eigenvalue weighted by Crippen LogP contribution is -2.56. The van der Waals surface area contributed by atoms with Crippen molar-refractivity contribution in [2.45, 2.75) is 64.3 Å². The van der Waals surface area contributed by atoms with Crippen LogP contribution in [0, 0.1) is 0 Å². The molecule has 0 N–H and O–H groups in total. The van der Waals surface area contributed by atoms with Crippen molar-refractivity contribution in [3.05, 3.63) is 65.4 Å². The minimum atomic E-state index is 0.0441. The number of aryl methyl sites for hydroxylation is 1. The summed E-state index contributed by atoms with van der Waals surface area (Å²) < 4.78 is 2.66. The molecule has 1 aliphatic heterocycles. The topological polar surface area (TPSA) is 3.88 Å². The number of pyridine rings is 1. The first-order chi connectivity index (χ1) is 12.5. The van der Waals surface area contributed by atoms with Gasteiger partial charge in [-0.3, -0.25) is 0 Å². The Hall–Kier alpha value is -2.15. The Morgan fingerprint density at radius 2 is 1.65 bits per heavy atom. The molecule has 0 amide bonds. The zero-order valence-electron chi connectivity index (χ0n) is 16.4. The van der Waals surface area contributed by atoms with Crippen LogP contribution < -0.4 is 4.57 Å². The summed E-state index contributed by atoms with van der Waals surface area (Å²) in [5.41, 5.74) is 7.77. The van der Waals surface area contributed by atoms with E-state index < -0.39 is 0 Å². The lowest BCUT2D eigenvalue weighted by molar-refractivity contribution is -0.756. The van der Waals surface area contributed by atoms with E-state index in [1.54, 1.807) is 0 Å². The Morgan fingerprint density at radius 1 is 0.923 bits per heavy atom. The molecule has 1 nitrogen and oxygen atoms in total. The summed E-state index contributed by atoms with van der Waals surface area (Å²) in [5, 5.41) is 2.86. The molecule has 0 fully saturated rings. The lowest BCUT2D eigenvalue weighted by atomic mass is 9.68. The van der Waals surface area contributed by atoms with E-state index >= 15 is 0 Å². The number of hydrogen-bond acceptors (Lipinski definition) is 0. The molecule has 0 spiro atoms. The minimum absolute atomic E-state index is 0.0441. The molecule has 2 aliphatic rings. The maximum absolute atomic E-state index is 2.66. The van der Waals surface area contributed by atoms with Crippen LogP contribution in [-0.2, 0) is 17.4 Å². The second-order valence-electron chi connectivity index (χ2n) is 8.70. The van der Waals surface area contributed by atoms with Crippen LogP contribution in [0.15, 0.2) is 48.7 Å². The molecular formula is C25H28N+. The summed E-state index contributed by atoms with van der Waals surface area (Å²) in [6.07, 6.45) is 7.14. The molecule has 26 heavy (non-hydrogen) atoms. The van der Waals surface area contributed by atoms with Crippen LogP contribution in [0.2, 0.25) is 0 Å². The van der Waals surface area contributed by atoms with Crippen molar-refractivity contribution in [3.63, 3.8) is 0 Å². The van der Waals surface area contributed by atoms with Crippen molar-refractivity contribution in [1.82, 2.24) is 0 Å². The summed E-state index contributed by atoms with van der Waals surface area (Å²) in [6.45, 7) is 9.52. The van der Waals surface area contributed by atoms with Gasteiger partial charge in [0, 0.05) is 30.7 Å². The Morgan fingerprint density at radius 3 is 2.42 bits per heavy atom. The van der Waals surface area contributed by atoms with Gasteiger partial charge in [-0.2, -0.15) is 4.57 Å². The van der Waals surface area contributed by atoms with Crippen molar-refractivity contribution in [2.24, 2.45) is 0 Å². The summed E-state index contributed by atoms with van der Waals surface area (Å²) in [6, 6.07) is 16.2. The molecule has 0 radical (unpaired) electrons. The van der Waals surface area contributed by atoms with Gasteiger partial charge in [0.2, 0.25) is 5.69 Å². The van der Waals surface area contributed by atoms with Crippen molar-refractivity contribution in [3.8, 4) is 11.3 Å². The van der Waals surface area contributed by atoms with E-state index in [1.807, 2.05) is 0 Å². The highest BCUT2D eigenvalue weighted by molar-refractivity contribution is 6.00. The molecule has 0 atom stereocenters. The van der Waals surface area contributed by atoms with E-state index in [0.29, 0.717) is 0 Å². The van der Waals surface area contributed by atoms with Gasteiger partial charge in [-0.25, -0.2) is 0 Å². The number of benzene rings is 2. The summed E-state index contributed by atoms with van der Waals surface area (Å²) in [5.74, 6) is 0. The van der Waals surface area contributed by atoms with Crippen LogP contribution in [0.4, 0.5) is 0 Å². The van der Waals surface area contributed by atoms with Gasteiger partial charge in [-0.05, 0) is 28.5 Å². The normalized spacial score (nSPS) is 18.6. The highest BCUT2D eigenvalue weighted by atomic mass is 15.1. The van der Waals surface area contributed by atoms with E-state index in [0.717, 1.165) is 0 Å². The number of rotatable bonds is 2. The molecular weight excluding hydrogens is 314 g/mol. The molecule has 1 aromatic heterocycles. The number of hydrogen-bond donors (Lipinski definition) is 0. The van der Waals surface area contributed by atoms with Crippen LogP contribution in [0.3, 0.4) is 0 Å². The van der Waals surface area contributed by atoms with Crippen LogP contribution in [0.5, 0.6) is 0 Å². The highest BCUT2D eigenvalue weighted by Crippen LogP contribution is 2.50. The molecule has 5 rings (SSSR count). The molecule has 132 valence electrons. The standard InChI is InChI=1S/C25H28N/c1-5-25(6-2)15-13-17-9-7-11-19-21(17)23-22-18(14-16-26(23)25)10-8-12-20(22)24(19,3)4/h7-12,14,16H,5-6,13,15H2,1-4H3/q+1. The van der Waals surface area contributed by atoms with Gasteiger partial charge in [0.25, 0.3) is 0 Å². The van der Waals surface area contributed by atoms with E-state index in [2.05, 4.69) is 80.9 Å². The molecule has 3 aromatic rings. The van der Waals surface area contributed by atoms with Gasteiger partial charge < -0.3 is 0 Å². The summed E-state index contributed by atoms with van der Waals surface area (Å²) in [7, 11) is 0. The quantitative estimate of drug-likeness (QED) is 0.511. The SMILES string of the molecule is CCC1(CC)CCc2cccc3c2-c2c4c(cccc4cc[n+]21)C3(C)C. The maximum Gasteiger partial charge on any atom is 0.221 e. The smallest absolute Gasteiger partial charge is 0.192 e. The van der Waals surface area contributed by atoms with Crippen LogP contribution in [0.1, 0.15) is 63.6 Å². The first kappa shape index (κ1) is 16.1. The third-order valence-corrected chi connectivity index (χ3v) is 7.40. The van der Waals surface area contributed by atoms with E-state index in [4.69, 9.17) is 0 Å². The third-order valence-electron chi connectivity index (χ3n) is 7.40. The summed E-state index contributed by atoms with van der Waals surface area (Å²) >= 11 is 0. The van der Waals surface area contributed by atoms with Gasteiger partial charge in [-0.15, -0.1) is 0 Å². The van der Waals surface area contributed by atoms with Crippen molar-refractivity contribution >= 4 is 10.8 Å². The first-order valence-electron chi connectivity index (χ1n) is 10.1. The van der Waals surface area contributed by atoms with E-state index in [9.17, 15) is 0 Å². The average molecular weight is 343 g/mol. The molecule has 2 heterocycles. The fourth-order valence-electron chi connectivity index (χ4n) is 5.67. The minimum Gasteiger partial charge on any atom is -0.192 e. The summed E-state index contributed by atoms with van der Waals surface area (Å²) in [4.78, 5) is 0. The van der Waals surface area contributed by atoms with Crippen LogP contribution in [-0.4, -0.2) is 0 Å². The molecule has 0 saturated carbocycles. The molecule has 0 bridgehead atoms. The third kappa shape index (κ3) is 1.79. The Bertz CT molecular complexity index is 1040. The lowest BCUT2D eigenvalue weighted by Gasteiger charge is -2.35. The van der Waals surface area contributed by atoms with Crippen LogP contribution >= 0.6 is 0 Å². The van der Waals surface area contributed by atoms with Crippen molar-refractivity contribution < 1.29 is 4.57 Å². The van der Waals surface area contributed by atoms with Gasteiger partial charge in [0.05, 0.1) is 10.9 Å². The van der Waals surface area contributed by atoms with Crippen molar-refractivity contribution in [1.29, 1.82) is 0 Å². The zero-order chi connectivity index (χ0) is 18.1. The second kappa shape index (κ2) is 5.19. The Kier molecular flexibility index (Phi) is 3.20. The van der Waals surface area contributed by atoms with Crippen molar-refractivity contribution in [2.75, 3.05) is 0 Å². The highest BCUT2D eigenvalue weighted by Gasteiger charge is 2.46. The molecule has 1 aliphatic carbocycles. The average Bonchev–Trinajstić information content (AvgIpc) is 2.81. The molecule has 0 unspecified atom stereocenters. The Balaban J connectivity index is 2.06. The fourth-order valence-corrected chi connectivity index (χ4v) is 5.67. The first-order valence-corrected chi connectivity index (χ1v) is 10.1. The van der Waals surface area contributed by atoms with E-state index in [1.165, 1.54) is 64.4 Å².